The highest BCUT2D eigenvalue weighted by atomic mass is 79.9. The monoisotopic (exact) mass is 336 g/mol. The number of fused-ring (bicyclic) bond motifs is 2. The first kappa shape index (κ1) is 11.6. The summed E-state index contributed by atoms with van der Waals surface area (Å²) in [5.41, 5.74) is -0.524. The summed E-state index contributed by atoms with van der Waals surface area (Å²) in [6.45, 7) is 0. The Bertz CT molecular complexity index is 301. The third-order valence-electron chi connectivity index (χ3n) is 3.68. The van der Waals surface area contributed by atoms with Crippen molar-refractivity contribution in [2.24, 2.45) is 17.3 Å². The van der Waals surface area contributed by atoms with Gasteiger partial charge in [0.25, 0.3) is 0 Å². The molecule has 0 amide bonds. The molecule has 2 aliphatic rings. The zero-order valence-corrected chi connectivity index (χ0v) is 11.5. The van der Waals surface area contributed by atoms with Crippen LogP contribution in [-0.2, 0) is 4.79 Å². The van der Waals surface area contributed by atoms with Gasteiger partial charge in [-0.2, -0.15) is 0 Å². The molecule has 84 valence electrons. The smallest absolute Gasteiger partial charge is 0.313 e. The molecule has 0 aromatic heterocycles. The predicted octanol–water partition coefficient (Wildman–Crippen LogP) is 3.55. The van der Waals surface area contributed by atoms with Gasteiger partial charge in [-0.3, -0.25) is 4.79 Å². The number of carbonyl (C=O) groups is 1. The fourth-order valence-electron chi connectivity index (χ4n) is 2.86. The van der Waals surface area contributed by atoms with E-state index in [2.05, 4.69) is 37.9 Å². The first-order valence-electron chi connectivity index (χ1n) is 5.24. The van der Waals surface area contributed by atoms with Gasteiger partial charge >= 0.3 is 5.97 Å². The molecule has 2 nitrogen and oxygen atoms in total. The molecule has 0 saturated heterocycles. The quantitative estimate of drug-likeness (QED) is 0.629. The number of hydrogen-bond acceptors (Lipinski definition) is 1. The van der Waals surface area contributed by atoms with Crippen LogP contribution in [-0.4, -0.2) is 14.8 Å². The molecule has 0 aliphatic heterocycles. The SMILES string of the molecule is O=C(O)C12C=CC(C1)C(CCC(Br)Br)C2. The van der Waals surface area contributed by atoms with E-state index in [9.17, 15) is 9.90 Å². The fraction of sp³-hybridized carbons (Fsp3) is 0.727. The molecule has 0 aromatic carbocycles. The number of carboxylic acids is 1. The third-order valence-corrected chi connectivity index (χ3v) is 4.59. The number of carboxylic acid groups (broad SMARTS) is 1. The lowest BCUT2D eigenvalue weighted by atomic mass is 9.83. The lowest BCUT2D eigenvalue weighted by Crippen LogP contribution is -2.25. The van der Waals surface area contributed by atoms with Crippen LogP contribution in [0, 0.1) is 17.3 Å². The topological polar surface area (TPSA) is 37.3 Å². The number of rotatable bonds is 4. The van der Waals surface area contributed by atoms with Crippen LogP contribution in [0.25, 0.3) is 0 Å². The summed E-state index contributed by atoms with van der Waals surface area (Å²) < 4.78 is 0.355. The summed E-state index contributed by atoms with van der Waals surface area (Å²) in [4.78, 5) is 11.2. The van der Waals surface area contributed by atoms with E-state index >= 15 is 0 Å². The maximum atomic E-state index is 11.2. The van der Waals surface area contributed by atoms with Crippen LogP contribution in [0.5, 0.6) is 0 Å². The normalized spacial score (nSPS) is 37.8. The molecule has 15 heavy (non-hydrogen) atoms. The standard InChI is InChI=1S/C11H14Br2O2/c12-9(13)2-1-7-5-11(10(14)15)4-3-8(7)6-11/h3-4,7-9H,1-2,5-6H2,(H,14,15). The van der Waals surface area contributed by atoms with Crippen LogP contribution in [0.3, 0.4) is 0 Å². The molecule has 0 aromatic rings. The van der Waals surface area contributed by atoms with E-state index < -0.39 is 11.4 Å². The zero-order valence-electron chi connectivity index (χ0n) is 8.33. The van der Waals surface area contributed by atoms with Crippen LogP contribution < -0.4 is 0 Å². The van der Waals surface area contributed by atoms with Crippen molar-refractivity contribution in [3.05, 3.63) is 12.2 Å². The first-order valence-corrected chi connectivity index (χ1v) is 7.07. The Morgan fingerprint density at radius 1 is 1.53 bits per heavy atom. The molecule has 1 N–H and O–H groups in total. The number of aliphatic carboxylic acids is 1. The minimum Gasteiger partial charge on any atom is -0.481 e. The second-order valence-corrected chi connectivity index (χ2v) is 8.06. The summed E-state index contributed by atoms with van der Waals surface area (Å²) in [7, 11) is 0. The Hall–Kier alpha value is 0.170. The molecule has 0 radical (unpaired) electrons. The highest BCUT2D eigenvalue weighted by Crippen LogP contribution is 2.54. The summed E-state index contributed by atoms with van der Waals surface area (Å²) in [5, 5.41) is 9.22. The van der Waals surface area contributed by atoms with Crippen molar-refractivity contribution >= 4 is 37.8 Å². The van der Waals surface area contributed by atoms with Crippen LogP contribution in [0.15, 0.2) is 12.2 Å². The van der Waals surface area contributed by atoms with Gasteiger partial charge in [0.15, 0.2) is 0 Å². The average Bonchev–Trinajstić information content (AvgIpc) is 2.72. The Balaban J connectivity index is 1.98. The Morgan fingerprint density at radius 2 is 2.27 bits per heavy atom. The van der Waals surface area contributed by atoms with Gasteiger partial charge in [0, 0.05) is 0 Å². The van der Waals surface area contributed by atoms with E-state index in [1.54, 1.807) is 0 Å². The van der Waals surface area contributed by atoms with E-state index in [1.165, 1.54) is 0 Å². The van der Waals surface area contributed by atoms with Crippen LogP contribution in [0.1, 0.15) is 25.7 Å². The van der Waals surface area contributed by atoms with E-state index in [-0.39, 0.29) is 0 Å². The van der Waals surface area contributed by atoms with Gasteiger partial charge in [-0.25, -0.2) is 0 Å². The average molecular weight is 338 g/mol. The summed E-state index contributed by atoms with van der Waals surface area (Å²) in [6, 6.07) is 0. The second kappa shape index (κ2) is 4.21. The van der Waals surface area contributed by atoms with Crippen molar-refractivity contribution in [3.63, 3.8) is 0 Å². The maximum Gasteiger partial charge on any atom is 0.313 e. The Morgan fingerprint density at radius 3 is 2.80 bits per heavy atom. The molecule has 0 spiro atoms. The van der Waals surface area contributed by atoms with Gasteiger partial charge in [0.1, 0.15) is 0 Å². The molecule has 3 unspecified atom stereocenters. The number of alkyl halides is 2. The molecule has 2 rings (SSSR count). The van der Waals surface area contributed by atoms with Crippen molar-refractivity contribution in [2.45, 2.75) is 29.4 Å². The molecule has 2 bridgehead atoms. The van der Waals surface area contributed by atoms with Gasteiger partial charge in [-0.15, -0.1) is 0 Å². The van der Waals surface area contributed by atoms with Crippen molar-refractivity contribution < 1.29 is 9.90 Å². The van der Waals surface area contributed by atoms with Gasteiger partial charge in [0.2, 0.25) is 0 Å². The lowest BCUT2D eigenvalue weighted by Gasteiger charge is -2.22. The van der Waals surface area contributed by atoms with Crippen molar-refractivity contribution in [1.82, 2.24) is 0 Å². The van der Waals surface area contributed by atoms with Crippen molar-refractivity contribution in [3.8, 4) is 0 Å². The summed E-state index contributed by atoms with van der Waals surface area (Å²) >= 11 is 6.92. The molecule has 2 aliphatic carbocycles. The minimum absolute atomic E-state index is 0.355. The number of allylic oxidation sites excluding steroid dienone is 1. The van der Waals surface area contributed by atoms with Crippen molar-refractivity contribution in [2.75, 3.05) is 0 Å². The van der Waals surface area contributed by atoms with Crippen LogP contribution in [0.4, 0.5) is 0 Å². The summed E-state index contributed by atoms with van der Waals surface area (Å²) in [5.74, 6) is 0.418. The maximum absolute atomic E-state index is 11.2. The number of hydrogen-bond donors (Lipinski definition) is 1. The van der Waals surface area contributed by atoms with E-state index in [0.717, 1.165) is 25.7 Å². The summed E-state index contributed by atoms with van der Waals surface area (Å²) in [6.07, 6.45) is 7.84. The van der Waals surface area contributed by atoms with Gasteiger partial charge < -0.3 is 5.11 Å². The second-order valence-electron chi connectivity index (χ2n) is 4.62. The van der Waals surface area contributed by atoms with Gasteiger partial charge in [-0.1, -0.05) is 44.0 Å². The zero-order chi connectivity index (χ0) is 11.1. The molecule has 4 heteroatoms. The fourth-order valence-corrected chi connectivity index (χ4v) is 3.39. The third kappa shape index (κ3) is 2.16. The van der Waals surface area contributed by atoms with Crippen LogP contribution >= 0.6 is 31.9 Å². The highest BCUT2D eigenvalue weighted by Gasteiger charge is 2.51. The van der Waals surface area contributed by atoms with E-state index in [0.29, 0.717) is 15.6 Å². The molecule has 3 atom stereocenters. The lowest BCUT2D eigenvalue weighted by molar-refractivity contribution is -0.145. The number of halogens is 2. The van der Waals surface area contributed by atoms with Gasteiger partial charge in [0.05, 0.1) is 9.15 Å². The molecular weight excluding hydrogens is 324 g/mol. The molecule has 0 heterocycles. The largest absolute Gasteiger partial charge is 0.481 e. The first-order chi connectivity index (χ1) is 7.03. The predicted molar refractivity (Wildman–Crippen MR) is 66.3 cm³/mol. The van der Waals surface area contributed by atoms with Crippen molar-refractivity contribution in [1.29, 1.82) is 0 Å². The highest BCUT2D eigenvalue weighted by molar-refractivity contribution is 9.24. The molecular formula is C11H14Br2O2. The minimum atomic E-state index is -0.641. The Kier molecular flexibility index (Phi) is 3.27. The van der Waals surface area contributed by atoms with E-state index in [1.807, 2.05) is 6.08 Å². The molecule has 1 fully saturated rings. The van der Waals surface area contributed by atoms with Crippen LogP contribution in [0.2, 0.25) is 0 Å². The Labute approximate surface area is 106 Å². The molecule has 1 saturated carbocycles. The van der Waals surface area contributed by atoms with Gasteiger partial charge in [-0.05, 0) is 37.5 Å². The van der Waals surface area contributed by atoms with E-state index in [4.69, 9.17) is 0 Å².